The van der Waals surface area contributed by atoms with Gasteiger partial charge in [-0.3, -0.25) is 4.79 Å². The van der Waals surface area contributed by atoms with E-state index in [1.54, 1.807) is 12.1 Å². The Kier molecular flexibility index (Phi) is 6.10. The molecule has 4 aromatic rings. The van der Waals surface area contributed by atoms with Crippen LogP contribution in [0.15, 0.2) is 66.7 Å². The molecule has 0 aliphatic heterocycles. The van der Waals surface area contributed by atoms with Gasteiger partial charge in [0.15, 0.2) is 0 Å². The first-order valence-corrected chi connectivity index (χ1v) is 10.8. The summed E-state index contributed by atoms with van der Waals surface area (Å²) in [4.78, 5) is 17.5. The molecule has 1 unspecified atom stereocenters. The van der Waals surface area contributed by atoms with E-state index in [2.05, 4.69) is 48.0 Å². The van der Waals surface area contributed by atoms with Crippen molar-refractivity contribution in [3.05, 3.63) is 99.8 Å². The maximum atomic E-state index is 12.7. The molecule has 0 spiro atoms. The molecule has 158 valence electrons. The van der Waals surface area contributed by atoms with Gasteiger partial charge in [0.25, 0.3) is 0 Å². The Balaban J connectivity index is 1.61. The van der Waals surface area contributed by atoms with Crippen molar-refractivity contribution in [2.75, 3.05) is 0 Å². The van der Waals surface area contributed by atoms with Gasteiger partial charge in [-0.15, -0.1) is 0 Å². The number of imidazole rings is 1. The molecular weight excluding hydrogens is 406 g/mol. The van der Waals surface area contributed by atoms with Gasteiger partial charge in [-0.2, -0.15) is 0 Å². The van der Waals surface area contributed by atoms with Crippen molar-refractivity contribution >= 4 is 28.5 Å². The molecule has 3 aromatic carbocycles. The van der Waals surface area contributed by atoms with E-state index in [0.29, 0.717) is 18.0 Å². The third-order valence-electron chi connectivity index (χ3n) is 5.56. The molecule has 0 radical (unpaired) electrons. The highest BCUT2D eigenvalue weighted by Crippen LogP contribution is 2.24. The fourth-order valence-corrected chi connectivity index (χ4v) is 4.00. The second kappa shape index (κ2) is 8.94. The smallest absolute Gasteiger partial charge is 0.224 e. The predicted molar refractivity (Wildman–Crippen MR) is 126 cm³/mol. The van der Waals surface area contributed by atoms with Crippen LogP contribution in [0.25, 0.3) is 11.0 Å². The van der Waals surface area contributed by atoms with Gasteiger partial charge in [0, 0.05) is 11.6 Å². The molecule has 1 amide bonds. The number of nitrogens with zero attached hydrogens (tertiary/aromatic N) is 2. The molecule has 1 aromatic heterocycles. The van der Waals surface area contributed by atoms with E-state index in [4.69, 9.17) is 16.6 Å². The SMILES string of the molecule is Cc1ccc(C)c(Cn2c(C(C)NC(=O)Cc3ccc(Cl)cc3)nc3ccccc32)c1. The minimum atomic E-state index is -0.225. The van der Waals surface area contributed by atoms with Crippen molar-refractivity contribution in [2.45, 2.75) is 39.8 Å². The van der Waals surface area contributed by atoms with Gasteiger partial charge in [0.05, 0.1) is 23.5 Å². The number of hydrogen-bond donors (Lipinski definition) is 1. The van der Waals surface area contributed by atoms with Crippen molar-refractivity contribution in [1.82, 2.24) is 14.9 Å². The third-order valence-corrected chi connectivity index (χ3v) is 5.81. The lowest BCUT2D eigenvalue weighted by atomic mass is 10.1. The van der Waals surface area contributed by atoms with Gasteiger partial charge in [-0.1, -0.05) is 59.6 Å². The van der Waals surface area contributed by atoms with E-state index in [-0.39, 0.29) is 11.9 Å². The van der Waals surface area contributed by atoms with Gasteiger partial charge < -0.3 is 9.88 Å². The molecule has 0 aliphatic carbocycles. The molecule has 0 aliphatic rings. The van der Waals surface area contributed by atoms with Crippen LogP contribution in [-0.2, 0) is 17.8 Å². The summed E-state index contributed by atoms with van der Waals surface area (Å²) in [6.07, 6.45) is 0.304. The summed E-state index contributed by atoms with van der Waals surface area (Å²) in [5, 5.41) is 3.78. The average molecular weight is 432 g/mol. The topological polar surface area (TPSA) is 46.9 Å². The summed E-state index contributed by atoms with van der Waals surface area (Å²) in [5.74, 6) is 0.812. The Hall–Kier alpha value is -3.11. The van der Waals surface area contributed by atoms with Crippen molar-refractivity contribution in [3.63, 3.8) is 0 Å². The number of para-hydroxylation sites is 2. The van der Waals surface area contributed by atoms with E-state index < -0.39 is 0 Å². The van der Waals surface area contributed by atoms with Crippen LogP contribution >= 0.6 is 11.6 Å². The Morgan fingerprint density at radius 1 is 1.06 bits per heavy atom. The van der Waals surface area contributed by atoms with Crippen LogP contribution in [0.5, 0.6) is 0 Å². The first kappa shape index (κ1) is 21.1. The molecule has 1 atom stereocenters. The zero-order valence-corrected chi connectivity index (χ0v) is 18.8. The fraction of sp³-hybridized carbons (Fsp3) is 0.231. The monoisotopic (exact) mass is 431 g/mol. The van der Waals surface area contributed by atoms with E-state index in [0.717, 1.165) is 22.4 Å². The van der Waals surface area contributed by atoms with Gasteiger partial charge in [-0.05, 0) is 61.7 Å². The van der Waals surface area contributed by atoms with Crippen molar-refractivity contribution in [3.8, 4) is 0 Å². The first-order chi connectivity index (χ1) is 14.9. The number of fused-ring (bicyclic) bond motifs is 1. The molecule has 31 heavy (non-hydrogen) atoms. The van der Waals surface area contributed by atoms with Crippen molar-refractivity contribution in [2.24, 2.45) is 0 Å². The summed E-state index contributed by atoms with van der Waals surface area (Å²) >= 11 is 5.94. The maximum absolute atomic E-state index is 12.7. The zero-order valence-electron chi connectivity index (χ0n) is 18.0. The Morgan fingerprint density at radius 3 is 2.58 bits per heavy atom. The molecule has 4 nitrogen and oxygen atoms in total. The normalized spacial score (nSPS) is 12.1. The molecule has 1 heterocycles. The number of benzene rings is 3. The average Bonchev–Trinajstić information content (AvgIpc) is 3.11. The van der Waals surface area contributed by atoms with Crippen LogP contribution in [0.2, 0.25) is 5.02 Å². The molecule has 0 bridgehead atoms. The largest absolute Gasteiger partial charge is 0.346 e. The molecule has 0 saturated carbocycles. The minimum Gasteiger partial charge on any atom is -0.346 e. The molecule has 5 heteroatoms. The number of amides is 1. The molecular formula is C26H26ClN3O. The summed E-state index contributed by atoms with van der Waals surface area (Å²) in [5.41, 5.74) is 6.66. The summed E-state index contributed by atoms with van der Waals surface area (Å²) < 4.78 is 2.21. The van der Waals surface area contributed by atoms with Gasteiger partial charge in [0.2, 0.25) is 5.91 Å². The van der Waals surface area contributed by atoms with E-state index in [1.807, 2.05) is 37.3 Å². The zero-order chi connectivity index (χ0) is 22.0. The number of rotatable bonds is 6. The van der Waals surface area contributed by atoms with Gasteiger partial charge in [0.1, 0.15) is 5.82 Å². The van der Waals surface area contributed by atoms with Crippen LogP contribution in [0.1, 0.15) is 41.0 Å². The number of hydrogen-bond acceptors (Lipinski definition) is 2. The highest BCUT2D eigenvalue weighted by molar-refractivity contribution is 6.30. The minimum absolute atomic E-state index is 0.0415. The van der Waals surface area contributed by atoms with Gasteiger partial charge >= 0.3 is 0 Å². The van der Waals surface area contributed by atoms with Crippen LogP contribution < -0.4 is 5.32 Å². The Labute approximate surface area is 187 Å². The third kappa shape index (κ3) is 4.80. The fourth-order valence-electron chi connectivity index (χ4n) is 3.88. The lowest BCUT2D eigenvalue weighted by molar-refractivity contribution is -0.121. The second-order valence-corrected chi connectivity index (χ2v) is 8.50. The van der Waals surface area contributed by atoms with Gasteiger partial charge in [-0.25, -0.2) is 4.98 Å². The molecule has 4 rings (SSSR count). The standard InChI is InChI=1S/C26H26ClN3O/c1-17-8-9-18(2)21(14-17)16-30-24-7-5-4-6-23(24)29-26(30)19(3)28-25(31)15-20-10-12-22(27)13-11-20/h4-14,19H,15-16H2,1-3H3,(H,28,31). The number of nitrogens with one attached hydrogen (secondary N) is 1. The second-order valence-electron chi connectivity index (χ2n) is 8.07. The molecule has 0 fully saturated rings. The maximum Gasteiger partial charge on any atom is 0.224 e. The molecule has 0 saturated heterocycles. The van der Waals surface area contributed by atoms with E-state index in [9.17, 15) is 4.79 Å². The van der Waals surface area contributed by atoms with Crippen molar-refractivity contribution in [1.29, 1.82) is 0 Å². The van der Waals surface area contributed by atoms with E-state index >= 15 is 0 Å². The van der Waals surface area contributed by atoms with Crippen LogP contribution in [0, 0.1) is 13.8 Å². The summed E-state index contributed by atoms with van der Waals surface area (Å²) in [7, 11) is 0. The van der Waals surface area contributed by atoms with Crippen LogP contribution in [0.3, 0.4) is 0 Å². The molecule has 1 N–H and O–H groups in total. The predicted octanol–water partition coefficient (Wildman–Crippen LogP) is 5.77. The summed E-state index contributed by atoms with van der Waals surface area (Å²) in [6.45, 7) is 6.93. The highest BCUT2D eigenvalue weighted by Gasteiger charge is 2.19. The number of aryl methyl sites for hydroxylation is 2. The van der Waals surface area contributed by atoms with Crippen LogP contribution in [-0.4, -0.2) is 15.5 Å². The lowest BCUT2D eigenvalue weighted by Crippen LogP contribution is -2.30. The number of halogens is 1. The van der Waals surface area contributed by atoms with E-state index in [1.165, 1.54) is 16.7 Å². The quantitative estimate of drug-likeness (QED) is 0.421. The first-order valence-electron chi connectivity index (χ1n) is 10.5. The Morgan fingerprint density at radius 2 is 1.81 bits per heavy atom. The summed E-state index contributed by atoms with van der Waals surface area (Å²) in [6, 6.07) is 21.8. The Bertz CT molecular complexity index is 1230. The lowest BCUT2D eigenvalue weighted by Gasteiger charge is -2.18. The van der Waals surface area contributed by atoms with Crippen LogP contribution in [0.4, 0.5) is 0 Å². The number of carbonyl (C=O) groups is 1. The highest BCUT2D eigenvalue weighted by atomic mass is 35.5. The number of aromatic nitrogens is 2. The number of carbonyl (C=O) groups excluding carboxylic acids is 1. The van der Waals surface area contributed by atoms with Crippen molar-refractivity contribution < 1.29 is 4.79 Å².